The van der Waals surface area contributed by atoms with Crippen LogP contribution in [0, 0.1) is 47.9 Å². The van der Waals surface area contributed by atoms with Crippen molar-refractivity contribution in [1.82, 2.24) is 30.1 Å². The maximum absolute atomic E-state index is 14.8. The monoisotopic (exact) mass is 819 g/mol. The summed E-state index contributed by atoms with van der Waals surface area (Å²) in [5.74, 6) is 2.98. The van der Waals surface area contributed by atoms with Crippen LogP contribution in [-0.4, -0.2) is 70.4 Å². The second-order valence-corrected chi connectivity index (χ2v) is 17.2. The predicted octanol–water partition coefficient (Wildman–Crippen LogP) is 8.50. The third-order valence-electron chi connectivity index (χ3n) is 11.9. The van der Waals surface area contributed by atoms with Crippen LogP contribution in [0.4, 0.5) is 58.2 Å². The molecule has 306 valence electrons. The number of aromatic nitrogens is 6. The fourth-order valence-electron chi connectivity index (χ4n) is 9.35. The third kappa shape index (κ3) is 7.13. The molecule has 3 aromatic heterocycles. The number of nitrogens with one attached hydrogen (secondary N) is 2. The maximum Gasteiger partial charge on any atom is 0.318 e. The summed E-state index contributed by atoms with van der Waals surface area (Å²) in [5, 5.41) is 14.5. The van der Waals surface area contributed by atoms with E-state index >= 15 is 0 Å². The Kier molecular flexibility index (Phi) is 10.1. The van der Waals surface area contributed by atoms with Crippen molar-refractivity contribution in [3.63, 3.8) is 0 Å². The van der Waals surface area contributed by atoms with Gasteiger partial charge in [0.1, 0.15) is 52.4 Å². The summed E-state index contributed by atoms with van der Waals surface area (Å²) in [5.41, 5.74) is 1.81. The van der Waals surface area contributed by atoms with Gasteiger partial charge < -0.3 is 29.8 Å². The summed E-state index contributed by atoms with van der Waals surface area (Å²) in [6.07, 6.45) is 3.07. The first-order chi connectivity index (χ1) is 27.6. The number of benzene rings is 2. The first kappa shape index (κ1) is 39.6. The topological polar surface area (TPSA) is 124 Å². The molecule has 1 aliphatic carbocycles. The standard InChI is InChI=1S/C26H31F2N7O.C15H15ClF2N4/c1-14-32-33-25(36-14)34-11-15-5-6-16(12-34)18(15)10-21-30-23(29-4)22-24(31-21)35(13-26(22,2)3)20-8-7-17(27)9-19(20)28;1-15(2)7-22(10-5-4-8(17)6-9(10)18)13-11(15)12(19-3)20-14(16)21-13/h7-9,15-16,18H,5-6,10-13H2,1-4H3,(H,29,30,31);4-6H,7H2,1-3H3,(H,19,20,21). The molecule has 0 radical (unpaired) electrons. The van der Waals surface area contributed by atoms with Crippen LogP contribution in [0.5, 0.6) is 0 Å². The van der Waals surface area contributed by atoms with Crippen LogP contribution < -0.4 is 25.3 Å². The molecular weight excluding hydrogens is 774 g/mol. The molecule has 4 aliphatic rings. The minimum atomic E-state index is -0.635. The zero-order valence-electron chi connectivity index (χ0n) is 33.5. The molecule has 5 aromatic rings. The van der Waals surface area contributed by atoms with Crippen LogP contribution in [-0.2, 0) is 17.3 Å². The van der Waals surface area contributed by atoms with Crippen molar-refractivity contribution in [2.24, 2.45) is 17.8 Å². The minimum absolute atomic E-state index is 0.0771. The highest BCUT2D eigenvalue weighted by molar-refractivity contribution is 6.28. The predicted molar refractivity (Wildman–Crippen MR) is 216 cm³/mol. The largest absolute Gasteiger partial charge is 0.408 e. The van der Waals surface area contributed by atoms with Gasteiger partial charge in [0.25, 0.3) is 0 Å². The minimum Gasteiger partial charge on any atom is -0.408 e. The average Bonchev–Trinajstić information content (AvgIpc) is 3.86. The SMILES string of the molecule is CNc1nc(CC2C3CCC2CN(c2nnc(C)o2)C3)nc2c1C(C)(C)CN2c1ccc(F)cc1F.CNc1nc(Cl)nc2c1C(C)(C)CN2c1ccc(F)cc1F. The highest BCUT2D eigenvalue weighted by Crippen LogP contribution is 2.49. The number of fused-ring (bicyclic) bond motifs is 4. The lowest BCUT2D eigenvalue weighted by Gasteiger charge is -2.37. The summed E-state index contributed by atoms with van der Waals surface area (Å²) in [6.45, 7) is 12.8. The molecule has 12 nitrogen and oxygen atoms in total. The van der Waals surface area contributed by atoms with Gasteiger partial charge in [-0.25, -0.2) is 32.5 Å². The molecular formula is C41H46ClF4N11O. The molecule has 0 spiro atoms. The molecule has 3 aliphatic heterocycles. The highest BCUT2D eigenvalue weighted by atomic mass is 35.5. The smallest absolute Gasteiger partial charge is 0.318 e. The van der Waals surface area contributed by atoms with E-state index in [2.05, 4.69) is 49.5 Å². The van der Waals surface area contributed by atoms with Gasteiger partial charge in [-0.2, -0.15) is 4.98 Å². The Balaban J connectivity index is 0.000000183. The number of piperidine rings is 1. The van der Waals surface area contributed by atoms with E-state index in [1.54, 1.807) is 11.9 Å². The fraction of sp³-hybridized carbons (Fsp3) is 0.463. The van der Waals surface area contributed by atoms with Crippen molar-refractivity contribution >= 4 is 52.3 Å². The van der Waals surface area contributed by atoms with Gasteiger partial charge in [0.05, 0.1) is 11.4 Å². The van der Waals surface area contributed by atoms with Gasteiger partial charge >= 0.3 is 6.01 Å². The molecule has 2 unspecified atom stereocenters. The molecule has 2 bridgehead atoms. The van der Waals surface area contributed by atoms with Gasteiger partial charge in [-0.15, -0.1) is 5.10 Å². The van der Waals surface area contributed by atoms with E-state index < -0.39 is 23.3 Å². The van der Waals surface area contributed by atoms with Crippen LogP contribution >= 0.6 is 11.6 Å². The van der Waals surface area contributed by atoms with E-state index in [4.69, 9.17) is 26.0 Å². The quantitative estimate of drug-likeness (QED) is 0.121. The summed E-state index contributed by atoms with van der Waals surface area (Å²) in [7, 11) is 3.61. The van der Waals surface area contributed by atoms with Gasteiger partial charge in [-0.05, 0) is 66.5 Å². The lowest BCUT2D eigenvalue weighted by molar-refractivity contribution is 0.258. The van der Waals surface area contributed by atoms with E-state index in [9.17, 15) is 17.6 Å². The van der Waals surface area contributed by atoms with Gasteiger partial charge in [0, 0.05) is 87.7 Å². The second-order valence-electron chi connectivity index (χ2n) is 16.8. The highest BCUT2D eigenvalue weighted by Gasteiger charge is 2.46. The van der Waals surface area contributed by atoms with Crippen LogP contribution in [0.15, 0.2) is 40.8 Å². The Bertz CT molecular complexity index is 2360. The average molecular weight is 820 g/mol. The molecule has 2 aromatic carbocycles. The number of hydrogen-bond acceptors (Lipinski definition) is 12. The number of nitrogens with zero attached hydrogens (tertiary/aromatic N) is 9. The van der Waals surface area contributed by atoms with Gasteiger partial charge in [0.15, 0.2) is 0 Å². The lowest BCUT2D eigenvalue weighted by Crippen LogP contribution is -2.43. The van der Waals surface area contributed by atoms with Gasteiger partial charge in [0.2, 0.25) is 11.2 Å². The number of hydrogen-bond donors (Lipinski definition) is 2. The summed E-state index contributed by atoms with van der Waals surface area (Å²) in [4.78, 5) is 24.2. The maximum atomic E-state index is 14.8. The molecule has 1 saturated heterocycles. The second kappa shape index (κ2) is 14.8. The van der Waals surface area contributed by atoms with E-state index in [0.29, 0.717) is 65.9 Å². The van der Waals surface area contributed by atoms with Crippen molar-refractivity contribution in [1.29, 1.82) is 0 Å². The Morgan fingerprint density at radius 3 is 1.74 bits per heavy atom. The normalized spacial score (nSPS) is 21.1. The van der Waals surface area contributed by atoms with Crippen LogP contribution in [0.3, 0.4) is 0 Å². The molecule has 2 fully saturated rings. The van der Waals surface area contributed by atoms with Crippen molar-refractivity contribution < 1.29 is 22.0 Å². The van der Waals surface area contributed by atoms with Crippen LogP contribution in [0.2, 0.25) is 5.28 Å². The zero-order chi connectivity index (χ0) is 41.3. The Hall–Kier alpha value is -5.25. The van der Waals surface area contributed by atoms with Gasteiger partial charge in [-0.3, -0.25) is 0 Å². The summed E-state index contributed by atoms with van der Waals surface area (Å²) in [6, 6.07) is 7.82. The molecule has 0 amide bonds. The van der Waals surface area contributed by atoms with Crippen molar-refractivity contribution in [3.8, 4) is 0 Å². The number of anilines is 7. The summed E-state index contributed by atoms with van der Waals surface area (Å²) >= 11 is 5.98. The van der Waals surface area contributed by atoms with Crippen molar-refractivity contribution in [3.05, 3.63) is 87.8 Å². The Labute approximate surface area is 339 Å². The molecule has 17 heteroatoms. The van der Waals surface area contributed by atoms with E-state index in [1.807, 2.05) is 32.7 Å². The van der Waals surface area contributed by atoms with E-state index in [-0.39, 0.29) is 21.8 Å². The Morgan fingerprint density at radius 1 is 0.741 bits per heavy atom. The van der Waals surface area contributed by atoms with Gasteiger partial charge in [-0.1, -0.05) is 32.8 Å². The summed E-state index contributed by atoms with van der Waals surface area (Å²) < 4.78 is 61.5. The third-order valence-corrected chi connectivity index (χ3v) is 12.0. The molecule has 1 saturated carbocycles. The Morgan fingerprint density at radius 2 is 1.26 bits per heavy atom. The molecule has 6 heterocycles. The number of rotatable bonds is 7. The molecule has 9 rings (SSSR count). The molecule has 2 N–H and O–H groups in total. The van der Waals surface area contributed by atoms with E-state index in [1.165, 1.54) is 24.3 Å². The number of halogens is 5. The lowest BCUT2D eigenvalue weighted by atomic mass is 9.82. The molecule has 2 atom stereocenters. The van der Waals surface area contributed by atoms with Crippen molar-refractivity contribution in [2.75, 3.05) is 65.6 Å². The fourth-order valence-corrected chi connectivity index (χ4v) is 9.52. The van der Waals surface area contributed by atoms with Crippen molar-refractivity contribution in [2.45, 2.75) is 64.7 Å². The van der Waals surface area contributed by atoms with E-state index in [0.717, 1.165) is 67.3 Å². The first-order valence-corrected chi connectivity index (χ1v) is 19.8. The van der Waals surface area contributed by atoms with Crippen LogP contribution in [0.25, 0.3) is 0 Å². The number of aryl methyl sites for hydroxylation is 1. The zero-order valence-corrected chi connectivity index (χ0v) is 34.2. The first-order valence-electron chi connectivity index (χ1n) is 19.4. The van der Waals surface area contributed by atoms with Crippen LogP contribution in [0.1, 0.15) is 63.4 Å². The molecule has 58 heavy (non-hydrogen) atoms.